The Labute approximate surface area is 154 Å². The van der Waals surface area contributed by atoms with E-state index in [1.165, 1.54) is 11.4 Å². The van der Waals surface area contributed by atoms with E-state index in [4.69, 9.17) is 4.74 Å². The summed E-state index contributed by atoms with van der Waals surface area (Å²) in [6.45, 7) is 2.87. The highest BCUT2D eigenvalue weighted by molar-refractivity contribution is 7.89. The second kappa shape index (κ2) is 7.99. The van der Waals surface area contributed by atoms with Gasteiger partial charge in [0.1, 0.15) is 0 Å². The molecule has 26 heavy (non-hydrogen) atoms. The minimum Gasteiger partial charge on any atom is -0.465 e. The first-order valence-electron chi connectivity index (χ1n) is 8.45. The number of hydrogen-bond acceptors (Lipinski definition) is 5. The summed E-state index contributed by atoms with van der Waals surface area (Å²) in [7, 11) is -2.07. The van der Waals surface area contributed by atoms with Crippen LogP contribution in [0.2, 0.25) is 0 Å². The number of carbonyl (C=O) groups excluding carboxylic acids is 1. The molecule has 2 aromatic carbocycles. The van der Waals surface area contributed by atoms with E-state index in [0.29, 0.717) is 43.2 Å². The molecule has 3 rings (SSSR count). The van der Waals surface area contributed by atoms with Crippen molar-refractivity contribution < 1.29 is 17.9 Å². The third-order valence-electron chi connectivity index (χ3n) is 4.47. The lowest BCUT2D eigenvalue weighted by Crippen LogP contribution is -2.48. The molecule has 2 aromatic rings. The summed E-state index contributed by atoms with van der Waals surface area (Å²) in [4.78, 5) is 14.2. The normalized spacial score (nSPS) is 16.3. The SMILES string of the molecule is COC(=O)c1cccc(CN2CCN(S(=O)(=O)c3ccccc3)CC2)c1. The molecule has 0 N–H and O–H groups in total. The monoisotopic (exact) mass is 374 g/mol. The number of rotatable bonds is 5. The van der Waals surface area contributed by atoms with Gasteiger partial charge in [0.15, 0.2) is 0 Å². The van der Waals surface area contributed by atoms with Crippen LogP contribution in [0.1, 0.15) is 15.9 Å². The second-order valence-electron chi connectivity index (χ2n) is 6.19. The van der Waals surface area contributed by atoms with E-state index in [-0.39, 0.29) is 5.97 Å². The highest BCUT2D eigenvalue weighted by Gasteiger charge is 2.28. The summed E-state index contributed by atoms with van der Waals surface area (Å²) in [5, 5.41) is 0. The standard InChI is InChI=1S/C19H22N2O4S/c1-25-19(22)17-7-5-6-16(14-17)15-20-10-12-21(13-11-20)26(23,24)18-8-3-2-4-9-18/h2-9,14H,10-13,15H2,1H3. The first-order valence-corrected chi connectivity index (χ1v) is 9.89. The fourth-order valence-electron chi connectivity index (χ4n) is 3.04. The van der Waals surface area contributed by atoms with Gasteiger partial charge in [0.2, 0.25) is 10.0 Å². The summed E-state index contributed by atoms with van der Waals surface area (Å²) < 4.78 is 31.6. The Bertz CT molecular complexity index is 860. The Morgan fingerprint density at radius 2 is 1.69 bits per heavy atom. The van der Waals surface area contributed by atoms with E-state index in [2.05, 4.69) is 4.90 Å². The van der Waals surface area contributed by atoms with Gasteiger partial charge in [0, 0.05) is 32.7 Å². The van der Waals surface area contributed by atoms with Crippen molar-refractivity contribution in [1.82, 2.24) is 9.21 Å². The smallest absolute Gasteiger partial charge is 0.337 e. The van der Waals surface area contributed by atoms with Crippen LogP contribution in [-0.4, -0.2) is 56.9 Å². The molecule has 7 heteroatoms. The van der Waals surface area contributed by atoms with Crippen molar-refractivity contribution in [3.05, 3.63) is 65.7 Å². The molecular weight excluding hydrogens is 352 g/mol. The van der Waals surface area contributed by atoms with E-state index in [9.17, 15) is 13.2 Å². The van der Waals surface area contributed by atoms with Crippen LogP contribution in [-0.2, 0) is 21.3 Å². The molecule has 6 nitrogen and oxygen atoms in total. The molecule has 0 radical (unpaired) electrons. The molecule has 0 saturated carbocycles. The Morgan fingerprint density at radius 3 is 2.35 bits per heavy atom. The van der Waals surface area contributed by atoms with Crippen molar-refractivity contribution >= 4 is 16.0 Å². The quantitative estimate of drug-likeness (QED) is 0.749. The molecule has 0 unspecified atom stereocenters. The lowest BCUT2D eigenvalue weighted by atomic mass is 10.1. The zero-order valence-corrected chi connectivity index (χ0v) is 15.5. The van der Waals surface area contributed by atoms with Crippen LogP contribution in [0.4, 0.5) is 0 Å². The molecule has 0 atom stereocenters. The van der Waals surface area contributed by atoms with Crippen LogP contribution in [0.5, 0.6) is 0 Å². The molecule has 1 aliphatic rings. The maximum Gasteiger partial charge on any atom is 0.337 e. The Morgan fingerprint density at radius 1 is 1.00 bits per heavy atom. The van der Waals surface area contributed by atoms with Gasteiger partial charge in [-0.3, -0.25) is 4.90 Å². The van der Waals surface area contributed by atoms with E-state index in [1.54, 1.807) is 36.4 Å². The zero-order valence-electron chi connectivity index (χ0n) is 14.7. The van der Waals surface area contributed by atoms with Crippen LogP contribution in [0.15, 0.2) is 59.5 Å². The van der Waals surface area contributed by atoms with Crippen LogP contribution < -0.4 is 0 Å². The van der Waals surface area contributed by atoms with Gasteiger partial charge in [-0.05, 0) is 29.8 Å². The second-order valence-corrected chi connectivity index (χ2v) is 8.12. The predicted molar refractivity (Wildman–Crippen MR) is 98.3 cm³/mol. The molecule has 0 spiro atoms. The number of methoxy groups -OCH3 is 1. The first-order chi connectivity index (χ1) is 12.5. The molecular formula is C19H22N2O4S. The van der Waals surface area contributed by atoms with Crippen molar-refractivity contribution in [1.29, 1.82) is 0 Å². The maximum absolute atomic E-state index is 12.7. The van der Waals surface area contributed by atoms with Gasteiger partial charge < -0.3 is 4.74 Å². The molecule has 0 aromatic heterocycles. The topological polar surface area (TPSA) is 66.9 Å². The Kier molecular flexibility index (Phi) is 5.70. The molecule has 1 aliphatic heterocycles. The lowest BCUT2D eigenvalue weighted by molar-refractivity contribution is 0.0600. The number of piperazine rings is 1. The molecule has 1 saturated heterocycles. The zero-order chi connectivity index (χ0) is 18.6. The molecule has 1 fully saturated rings. The van der Waals surface area contributed by atoms with E-state index in [1.807, 2.05) is 18.2 Å². The molecule has 0 bridgehead atoms. The fraction of sp³-hybridized carbons (Fsp3) is 0.316. The van der Waals surface area contributed by atoms with Gasteiger partial charge in [-0.15, -0.1) is 0 Å². The average molecular weight is 374 g/mol. The number of nitrogens with zero attached hydrogens (tertiary/aromatic N) is 2. The minimum absolute atomic E-state index is 0.333. The highest BCUT2D eigenvalue weighted by Crippen LogP contribution is 2.18. The molecule has 0 amide bonds. The number of carbonyl (C=O) groups is 1. The lowest BCUT2D eigenvalue weighted by Gasteiger charge is -2.34. The first kappa shape index (κ1) is 18.6. The minimum atomic E-state index is -3.43. The third kappa shape index (κ3) is 4.12. The van der Waals surface area contributed by atoms with Crippen molar-refractivity contribution in [2.75, 3.05) is 33.3 Å². The molecule has 138 valence electrons. The summed E-state index contributed by atoms with van der Waals surface area (Å²) in [6.07, 6.45) is 0. The van der Waals surface area contributed by atoms with Crippen LogP contribution in [0.3, 0.4) is 0 Å². The van der Waals surface area contributed by atoms with Gasteiger partial charge in [0.25, 0.3) is 0 Å². The summed E-state index contributed by atoms with van der Waals surface area (Å²) in [5.74, 6) is -0.356. The van der Waals surface area contributed by atoms with Gasteiger partial charge in [-0.1, -0.05) is 30.3 Å². The maximum atomic E-state index is 12.7. The summed E-state index contributed by atoms with van der Waals surface area (Å²) in [6, 6.07) is 15.9. The van der Waals surface area contributed by atoms with Gasteiger partial charge in [-0.25, -0.2) is 13.2 Å². The van der Waals surface area contributed by atoms with Crippen molar-refractivity contribution in [2.24, 2.45) is 0 Å². The highest BCUT2D eigenvalue weighted by atomic mass is 32.2. The Balaban J connectivity index is 1.62. The largest absolute Gasteiger partial charge is 0.465 e. The van der Waals surface area contributed by atoms with Crippen molar-refractivity contribution in [3.63, 3.8) is 0 Å². The van der Waals surface area contributed by atoms with Crippen LogP contribution in [0, 0.1) is 0 Å². The van der Waals surface area contributed by atoms with Gasteiger partial charge in [0.05, 0.1) is 17.6 Å². The third-order valence-corrected chi connectivity index (χ3v) is 6.38. The number of benzene rings is 2. The van der Waals surface area contributed by atoms with Crippen LogP contribution >= 0.6 is 0 Å². The van der Waals surface area contributed by atoms with Gasteiger partial charge in [-0.2, -0.15) is 4.31 Å². The van der Waals surface area contributed by atoms with E-state index in [0.717, 1.165) is 5.56 Å². The molecule has 0 aliphatic carbocycles. The van der Waals surface area contributed by atoms with Crippen molar-refractivity contribution in [2.45, 2.75) is 11.4 Å². The van der Waals surface area contributed by atoms with Gasteiger partial charge >= 0.3 is 5.97 Å². The number of hydrogen-bond donors (Lipinski definition) is 0. The Hall–Kier alpha value is -2.22. The number of sulfonamides is 1. The van der Waals surface area contributed by atoms with Crippen LogP contribution in [0.25, 0.3) is 0 Å². The number of ether oxygens (including phenoxy) is 1. The predicted octanol–water partition coefficient (Wildman–Crippen LogP) is 1.98. The van der Waals surface area contributed by atoms with E-state index >= 15 is 0 Å². The summed E-state index contributed by atoms with van der Waals surface area (Å²) >= 11 is 0. The molecule has 1 heterocycles. The van der Waals surface area contributed by atoms with E-state index < -0.39 is 10.0 Å². The fourth-order valence-corrected chi connectivity index (χ4v) is 4.49. The van der Waals surface area contributed by atoms with Crippen molar-refractivity contribution in [3.8, 4) is 0 Å². The number of esters is 1. The average Bonchev–Trinajstić information content (AvgIpc) is 2.68. The summed E-state index contributed by atoms with van der Waals surface area (Å²) in [5.41, 5.74) is 1.53.